The van der Waals surface area contributed by atoms with Gasteiger partial charge in [0, 0.05) is 26.9 Å². The van der Waals surface area contributed by atoms with Crippen molar-refractivity contribution >= 4 is 11.9 Å². The van der Waals surface area contributed by atoms with Gasteiger partial charge in [-0.25, -0.2) is 0 Å². The highest BCUT2D eigenvalue weighted by atomic mass is 16.6. The zero-order chi connectivity index (χ0) is 12.8. The molecule has 0 aliphatic carbocycles. The van der Waals surface area contributed by atoms with Gasteiger partial charge in [0.2, 0.25) is 5.91 Å². The van der Waals surface area contributed by atoms with Gasteiger partial charge in [-0.3, -0.25) is 9.59 Å². The summed E-state index contributed by atoms with van der Waals surface area (Å²) >= 11 is 0. The minimum absolute atomic E-state index is 0.101. The minimum atomic E-state index is -0.420. The van der Waals surface area contributed by atoms with Crippen LogP contribution in [0.25, 0.3) is 0 Å². The third kappa shape index (κ3) is 8.26. The molecule has 0 aromatic heterocycles. The van der Waals surface area contributed by atoms with Crippen molar-refractivity contribution in [1.82, 2.24) is 4.90 Å². The van der Waals surface area contributed by atoms with Gasteiger partial charge in [0.1, 0.15) is 5.60 Å². The Labute approximate surface area is 98.0 Å². The molecule has 1 amide bonds. The first-order valence-corrected chi connectivity index (χ1v) is 5.64. The van der Waals surface area contributed by atoms with Gasteiger partial charge in [0.05, 0.1) is 0 Å². The van der Waals surface area contributed by atoms with Gasteiger partial charge < -0.3 is 9.64 Å². The molecule has 4 nitrogen and oxygen atoms in total. The van der Waals surface area contributed by atoms with Crippen LogP contribution < -0.4 is 0 Å². The van der Waals surface area contributed by atoms with Crippen LogP contribution in [-0.4, -0.2) is 36.5 Å². The molecule has 0 N–H and O–H groups in total. The third-order valence-corrected chi connectivity index (χ3v) is 1.94. The van der Waals surface area contributed by atoms with E-state index in [0.29, 0.717) is 19.3 Å². The number of hydrogen-bond donors (Lipinski definition) is 0. The fraction of sp³-hybridized carbons (Fsp3) is 0.833. The van der Waals surface area contributed by atoms with Gasteiger partial charge in [-0.05, 0) is 33.6 Å². The van der Waals surface area contributed by atoms with Crippen molar-refractivity contribution in [1.29, 1.82) is 0 Å². The fourth-order valence-electron chi connectivity index (χ4n) is 1.16. The number of unbranched alkanes of at least 4 members (excludes halogenated alkanes) is 1. The lowest BCUT2D eigenvalue weighted by Crippen LogP contribution is -2.24. The van der Waals surface area contributed by atoms with Crippen molar-refractivity contribution < 1.29 is 14.3 Å². The standard InChI is InChI=1S/C12H23NO3/c1-12(2,3)16-11(15)9-7-6-8-10(14)13(4)5/h6-9H2,1-5H3. The molecule has 0 radical (unpaired) electrons. The monoisotopic (exact) mass is 229 g/mol. The number of carbonyl (C=O) groups excluding carboxylic acids is 2. The Balaban J connectivity index is 3.60. The quantitative estimate of drug-likeness (QED) is 0.535. The lowest BCUT2D eigenvalue weighted by molar-refractivity contribution is -0.155. The summed E-state index contributed by atoms with van der Waals surface area (Å²) in [5.41, 5.74) is -0.420. The van der Waals surface area contributed by atoms with Crippen molar-refractivity contribution in [3.63, 3.8) is 0 Å². The number of nitrogens with zero attached hydrogens (tertiary/aromatic N) is 1. The Morgan fingerprint density at radius 3 is 2.00 bits per heavy atom. The summed E-state index contributed by atoms with van der Waals surface area (Å²) in [4.78, 5) is 24.1. The topological polar surface area (TPSA) is 46.6 Å². The van der Waals surface area contributed by atoms with Gasteiger partial charge in [-0.2, -0.15) is 0 Å². The molecule has 0 saturated heterocycles. The Hall–Kier alpha value is -1.06. The Morgan fingerprint density at radius 2 is 1.56 bits per heavy atom. The van der Waals surface area contributed by atoms with E-state index in [1.807, 2.05) is 20.8 Å². The van der Waals surface area contributed by atoms with Gasteiger partial charge in [-0.1, -0.05) is 0 Å². The van der Waals surface area contributed by atoms with Crippen LogP contribution in [0.5, 0.6) is 0 Å². The highest BCUT2D eigenvalue weighted by Gasteiger charge is 2.15. The molecular formula is C12H23NO3. The summed E-state index contributed by atoms with van der Waals surface area (Å²) in [6.45, 7) is 5.54. The largest absolute Gasteiger partial charge is 0.460 e. The molecule has 0 heterocycles. The molecule has 0 unspecified atom stereocenters. The SMILES string of the molecule is CN(C)C(=O)CCCCC(=O)OC(C)(C)C. The lowest BCUT2D eigenvalue weighted by atomic mass is 10.1. The lowest BCUT2D eigenvalue weighted by Gasteiger charge is -2.19. The highest BCUT2D eigenvalue weighted by molar-refractivity contribution is 5.75. The first-order valence-electron chi connectivity index (χ1n) is 5.64. The predicted molar refractivity (Wildman–Crippen MR) is 63.0 cm³/mol. The summed E-state index contributed by atoms with van der Waals surface area (Å²) < 4.78 is 5.16. The smallest absolute Gasteiger partial charge is 0.306 e. The summed E-state index contributed by atoms with van der Waals surface area (Å²) in [6, 6.07) is 0. The number of esters is 1. The molecule has 0 bridgehead atoms. The maximum atomic E-state index is 11.3. The van der Waals surface area contributed by atoms with Crippen LogP contribution in [0.2, 0.25) is 0 Å². The summed E-state index contributed by atoms with van der Waals surface area (Å²) in [5, 5.41) is 0. The van der Waals surface area contributed by atoms with E-state index in [0.717, 1.165) is 6.42 Å². The molecule has 94 valence electrons. The van der Waals surface area contributed by atoms with Crippen molar-refractivity contribution in [2.45, 2.75) is 52.1 Å². The first-order chi connectivity index (χ1) is 7.22. The molecule has 0 atom stereocenters. The number of ether oxygens (including phenoxy) is 1. The van der Waals surface area contributed by atoms with E-state index in [4.69, 9.17) is 4.74 Å². The summed E-state index contributed by atoms with van der Waals surface area (Å²) in [6.07, 6.45) is 2.32. The van der Waals surface area contributed by atoms with E-state index in [1.165, 1.54) is 0 Å². The van der Waals surface area contributed by atoms with Crippen LogP contribution in [0.15, 0.2) is 0 Å². The van der Waals surface area contributed by atoms with Gasteiger partial charge in [0.15, 0.2) is 0 Å². The van der Waals surface area contributed by atoms with Gasteiger partial charge in [0.25, 0.3) is 0 Å². The molecule has 0 rings (SSSR count). The second-order valence-corrected chi connectivity index (χ2v) is 5.08. The van der Waals surface area contributed by atoms with E-state index < -0.39 is 5.60 Å². The minimum Gasteiger partial charge on any atom is -0.460 e. The number of rotatable bonds is 5. The average Bonchev–Trinajstić information content (AvgIpc) is 2.08. The highest BCUT2D eigenvalue weighted by Crippen LogP contribution is 2.10. The predicted octanol–water partition coefficient (Wildman–Crippen LogP) is 1.98. The van der Waals surface area contributed by atoms with E-state index in [2.05, 4.69) is 0 Å². The maximum Gasteiger partial charge on any atom is 0.306 e. The van der Waals surface area contributed by atoms with Gasteiger partial charge >= 0.3 is 5.97 Å². The number of carbonyl (C=O) groups is 2. The molecule has 0 saturated carbocycles. The summed E-state index contributed by atoms with van der Waals surface area (Å²) in [5.74, 6) is -0.0889. The third-order valence-electron chi connectivity index (χ3n) is 1.94. The Bertz CT molecular complexity index is 241. The summed E-state index contributed by atoms with van der Waals surface area (Å²) in [7, 11) is 3.46. The van der Waals surface area contributed by atoms with Crippen molar-refractivity contribution in [2.75, 3.05) is 14.1 Å². The molecule has 0 aromatic carbocycles. The first kappa shape index (κ1) is 14.9. The van der Waals surface area contributed by atoms with Gasteiger partial charge in [-0.15, -0.1) is 0 Å². The average molecular weight is 229 g/mol. The molecule has 0 fully saturated rings. The number of amides is 1. The maximum absolute atomic E-state index is 11.3. The fourth-order valence-corrected chi connectivity index (χ4v) is 1.16. The van der Waals surface area contributed by atoms with Crippen molar-refractivity contribution in [2.24, 2.45) is 0 Å². The molecule has 0 aliphatic heterocycles. The molecular weight excluding hydrogens is 206 g/mol. The van der Waals surface area contributed by atoms with Crippen molar-refractivity contribution in [3.8, 4) is 0 Å². The molecule has 0 spiro atoms. The van der Waals surface area contributed by atoms with Crippen molar-refractivity contribution in [3.05, 3.63) is 0 Å². The van der Waals surface area contributed by atoms with Crippen LogP contribution in [0.3, 0.4) is 0 Å². The van der Waals surface area contributed by atoms with Crippen LogP contribution in [0.4, 0.5) is 0 Å². The van der Waals surface area contributed by atoms with Crippen LogP contribution in [0, 0.1) is 0 Å². The zero-order valence-corrected chi connectivity index (χ0v) is 11.0. The number of hydrogen-bond acceptors (Lipinski definition) is 3. The van der Waals surface area contributed by atoms with Crippen LogP contribution in [-0.2, 0) is 14.3 Å². The van der Waals surface area contributed by atoms with E-state index in [-0.39, 0.29) is 11.9 Å². The van der Waals surface area contributed by atoms with E-state index >= 15 is 0 Å². The zero-order valence-electron chi connectivity index (χ0n) is 11.0. The van der Waals surface area contributed by atoms with Crippen LogP contribution in [0.1, 0.15) is 46.5 Å². The van der Waals surface area contributed by atoms with E-state index in [9.17, 15) is 9.59 Å². The Kier molecular flexibility index (Phi) is 6.08. The molecule has 4 heteroatoms. The van der Waals surface area contributed by atoms with E-state index in [1.54, 1.807) is 19.0 Å². The molecule has 0 aromatic rings. The second kappa shape index (κ2) is 6.51. The molecule has 0 aliphatic rings. The Morgan fingerprint density at radius 1 is 1.06 bits per heavy atom. The van der Waals surface area contributed by atoms with Crippen LogP contribution >= 0.6 is 0 Å². The molecule has 16 heavy (non-hydrogen) atoms. The second-order valence-electron chi connectivity index (χ2n) is 5.08. The normalized spacial score (nSPS) is 11.1.